The van der Waals surface area contributed by atoms with E-state index in [4.69, 9.17) is 14.2 Å². The Balaban J connectivity index is 1.88. The number of sulfonamides is 1. The first-order chi connectivity index (χ1) is 18.4. The first-order valence-corrected chi connectivity index (χ1v) is 14.3. The third-order valence-electron chi connectivity index (χ3n) is 6.13. The zero-order chi connectivity index (χ0) is 28.7. The number of amides is 1. The van der Waals surface area contributed by atoms with Gasteiger partial charge in [-0.05, 0) is 69.6 Å². The molecule has 0 aromatic heterocycles. The lowest BCUT2D eigenvalue weighted by Crippen LogP contribution is -2.58. The van der Waals surface area contributed by atoms with E-state index in [2.05, 4.69) is 4.90 Å². The summed E-state index contributed by atoms with van der Waals surface area (Å²) in [5.74, 6) is 1.13. The van der Waals surface area contributed by atoms with Crippen molar-refractivity contribution in [1.29, 1.82) is 0 Å². The fraction of sp³-hybridized carbons (Fsp3) is 0.519. The number of fused-ring (bicyclic) bond motifs is 1. The molecule has 2 atom stereocenters. The Kier molecular flexibility index (Phi) is 10.4. The van der Waals surface area contributed by atoms with Crippen LogP contribution >= 0.6 is 0 Å². The highest BCUT2D eigenvalue weighted by Gasteiger charge is 2.40. The summed E-state index contributed by atoms with van der Waals surface area (Å²) in [6, 6.07) is 10.2. The molecule has 1 aliphatic rings. The van der Waals surface area contributed by atoms with Gasteiger partial charge < -0.3 is 29.3 Å². The predicted molar refractivity (Wildman–Crippen MR) is 145 cm³/mol. The number of ether oxygens (including phenoxy) is 3. The van der Waals surface area contributed by atoms with Gasteiger partial charge >= 0.3 is 6.09 Å². The van der Waals surface area contributed by atoms with Crippen molar-refractivity contribution in [3.63, 3.8) is 0 Å². The number of benzene rings is 2. The van der Waals surface area contributed by atoms with Crippen LogP contribution in [-0.2, 0) is 16.4 Å². The van der Waals surface area contributed by atoms with Gasteiger partial charge in [0.25, 0.3) is 10.0 Å². The number of carboxylic acid groups (broad SMARTS) is 1. The van der Waals surface area contributed by atoms with Gasteiger partial charge in [-0.15, -0.1) is 4.41 Å². The van der Waals surface area contributed by atoms with Crippen LogP contribution in [0.2, 0.25) is 0 Å². The Morgan fingerprint density at radius 3 is 2.31 bits per heavy atom. The predicted octanol–water partition coefficient (Wildman–Crippen LogP) is 3.28. The third-order valence-corrected chi connectivity index (χ3v) is 7.86. The maximum Gasteiger partial charge on any atom is 0.423 e. The van der Waals surface area contributed by atoms with Crippen molar-refractivity contribution >= 4 is 16.1 Å². The summed E-state index contributed by atoms with van der Waals surface area (Å²) in [5, 5.41) is 21.7. The molecule has 2 N–H and O–H groups in total. The Hall–Kier alpha value is -3.06. The Morgan fingerprint density at radius 2 is 1.72 bits per heavy atom. The average Bonchev–Trinajstić information content (AvgIpc) is 3.34. The molecular formula is C27H39N3O8S. The van der Waals surface area contributed by atoms with Gasteiger partial charge in [0.15, 0.2) is 11.5 Å². The summed E-state index contributed by atoms with van der Waals surface area (Å²) in [7, 11) is -0.357. The summed E-state index contributed by atoms with van der Waals surface area (Å²) < 4.78 is 44.9. The minimum absolute atomic E-state index is 0.0280. The molecule has 3 rings (SSSR count). The molecular weight excluding hydrogens is 526 g/mol. The number of aliphatic hydroxyl groups excluding tert-OH is 1. The fourth-order valence-corrected chi connectivity index (χ4v) is 5.83. The van der Waals surface area contributed by atoms with Crippen molar-refractivity contribution in [1.82, 2.24) is 14.3 Å². The highest BCUT2D eigenvalue weighted by atomic mass is 32.2. The number of hydrogen-bond acceptors (Lipinski definition) is 8. The molecule has 0 saturated carbocycles. The summed E-state index contributed by atoms with van der Waals surface area (Å²) in [6.45, 7) is 6.34. The van der Waals surface area contributed by atoms with Gasteiger partial charge in [-0.3, -0.25) is 0 Å². The highest BCUT2D eigenvalue weighted by molar-refractivity contribution is 7.89. The van der Waals surface area contributed by atoms with Crippen LogP contribution in [0.15, 0.2) is 47.4 Å². The Morgan fingerprint density at radius 1 is 1.05 bits per heavy atom. The zero-order valence-corrected chi connectivity index (χ0v) is 23.9. The van der Waals surface area contributed by atoms with E-state index >= 15 is 0 Å². The van der Waals surface area contributed by atoms with Crippen LogP contribution in [-0.4, -0.2) is 91.8 Å². The van der Waals surface area contributed by atoms with Gasteiger partial charge in [0.2, 0.25) is 6.79 Å². The molecule has 2 unspecified atom stereocenters. The maximum atomic E-state index is 13.8. The van der Waals surface area contributed by atoms with Crippen LogP contribution in [0.4, 0.5) is 4.79 Å². The second kappa shape index (κ2) is 13.3. The van der Waals surface area contributed by atoms with E-state index in [1.54, 1.807) is 38.1 Å². The topological polar surface area (TPSA) is 129 Å². The molecule has 2 aromatic rings. The monoisotopic (exact) mass is 565 g/mol. The Bertz CT molecular complexity index is 1200. The molecule has 0 bridgehead atoms. The molecule has 2 aromatic carbocycles. The average molecular weight is 566 g/mol. The molecule has 12 heteroatoms. The molecule has 1 amide bonds. The van der Waals surface area contributed by atoms with Crippen molar-refractivity contribution in [2.45, 2.75) is 50.7 Å². The van der Waals surface area contributed by atoms with Gasteiger partial charge in [0, 0.05) is 19.2 Å². The fourth-order valence-electron chi connectivity index (χ4n) is 4.17. The van der Waals surface area contributed by atoms with E-state index < -0.39 is 28.3 Å². The minimum Gasteiger partial charge on any atom is -0.494 e. The lowest BCUT2D eigenvalue weighted by molar-refractivity contribution is -0.0277. The highest BCUT2D eigenvalue weighted by Crippen LogP contribution is 2.35. The number of carbonyl (C=O) groups is 1. The van der Waals surface area contributed by atoms with Crippen LogP contribution in [0.25, 0.3) is 0 Å². The second-order valence-corrected chi connectivity index (χ2v) is 12.1. The molecule has 0 saturated heterocycles. The molecule has 0 fully saturated rings. The third kappa shape index (κ3) is 7.98. The van der Waals surface area contributed by atoms with Crippen molar-refractivity contribution in [3.05, 3.63) is 48.0 Å². The molecule has 1 heterocycles. The largest absolute Gasteiger partial charge is 0.494 e. The summed E-state index contributed by atoms with van der Waals surface area (Å²) in [4.78, 5) is 14.5. The normalized spacial score (nSPS) is 14.6. The van der Waals surface area contributed by atoms with Gasteiger partial charge in [-0.25, -0.2) is 18.2 Å². The van der Waals surface area contributed by atoms with Crippen molar-refractivity contribution in [2.24, 2.45) is 5.92 Å². The van der Waals surface area contributed by atoms with E-state index in [0.29, 0.717) is 18.1 Å². The quantitative estimate of drug-likeness (QED) is 0.262. The molecule has 0 aliphatic carbocycles. The van der Waals surface area contributed by atoms with Gasteiger partial charge in [0.1, 0.15) is 5.75 Å². The molecule has 216 valence electrons. The lowest BCUT2D eigenvalue weighted by atomic mass is 10.0. The van der Waals surface area contributed by atoms with Crippen LogP contribution in [0.5, 0.6) is 17.2 Å². The van der Waals surface area contributed by atoms with Crippen LogP contribution in [0.3, 0.4) is 0 Å². The number of nitrogens with zero attached hydrogens (tertiary/aromatic N) is 3. The van der Waals surface area contributed by atoms with E-state index in [9.17, 15) is 23.4 Å². The van der Waals surface area contributed by atoms with E-state index in [0.717, 1.165) is 28.0 Å². The first kappa shape index (κ1) is 30.5. The van der Waals surface area contributed by atoms with Crippen LogP contribution < -0.4 is 14.2 Å². The van der Waals surface area contributed by atoms with Crippen molar-refractivity contribution in [2.75, 3.05) is 40.6 Å². The van der Waals surface area contributed by atoms with Gasteiger partial charge in [0.05, 0.1) is 23.6 Å². The number of hydrazine groups is 1. The van der Waals surface area contributed by atoms with Crippen molar-refractivity contribution < 1.29 is 37.6 Å². The molecule has 0 radical (unpaired) electrons. The van der Waals surface area contributed by atoms with Gasteiger partial charge in [-0.1, -0.05) is 26.0 Å². The van der Waals surface area contributed by atoms with Crippen LogP contribution in [0.1, 0.15) is 32.8 Å². The summed E-state index contributed by atoms with van der Waals surface area (Å²) >= 11 is 0. The SMILES string of the molecule is CC(C)CN(N(C(=O)O)C(Cc1ccc(OCCCN(C)C)cc1)C(C)O)S(=O)(=O)c1ccc2c(c1)OCO2. The number of rotatable bonds is 14. The molecule has 0 spiro atoms. The number of aliphatic hydroxyl groups is 1. The summed E-state index contributed by atoms with van der Waals surface area (Å²) in [5.41, 5.74) is 0.720. The van der Waals surface area contributed by atoms with Crippen molar-refractivity contribution in [3.8, 4) is 17.2 Å². The first-order valence-electron chi connectivity index (χ1n) is 12.9. The Labute approximate surface area is 230 Å². The number of hydrogen-bond donors (Lipinski definition) is 2. The zero-order valence-electron chi connectivity index (χ0n) is 23.1. The molecule has 39 heavy (non-hydrogen) atoms. The van der Waals surface area contributed by atoms with Crippen LogP contribution in [0, 0.1) is 5.92 Å². The van der Waals surface area contributed by atoms with Gasteiger partial charge in [-0.2, -0.15) is 0 Å². The van der Waals surface area contributed by atoms with E-state index in [-0.39, 0.29) is 36.3 Å². The standard InChI is InChI=1S/C27H39N3O8S/c1-19(2)17-29(39(34,35)23-11-12-25-26(16-23)38-18-37-25)30(27(32)33)24(20(3)31)15-21-7-9-22(10-8-21)36-14-6-13-28(4)5/h7-12,16,19-20,24,31H,6,13-15,17-18H2,1-5H3,(H,32,33). The molecule has 11 nitrogen and oxygen atoms in total. The van der Waals surface area contributed by atoms with E-state index in [1.165, 1.54) is 25.1 Å². The summed E-state index contributed by atoms with van der Waals surface area (Å²) in [6.07, 6.45) is -1.72. The maximum absolute atomic E-state index is 13.8. The second-order valence-electron chi connectivity index (χ2n) is 10.2. The van der Waals surface area contributed by atoms with E-state index in [1.807, 2.05) is 14.1 Å². The molecule has 1 aliphatic heterocycles. The smallest absolute Gasteiger partial charge is 0.423 e. The lowest BCUT2D eigenvalue weighted by Gasteiger charge is -2.39. The minimum atomic E-state index is -4.35.